The van der Waals surface area contributed by atoms with Crippen LogP contribution in [0.4, 0.5) is 14.5 Å². The summed E-state index contributed by atoms with van der Waals surface area (Å²) in [6.45, 7) is 4.28. The molecule has 0 aliphatic carbocycles. The van der Waals surface area contributed by atoms with Gasteiger partial charge in [-0.05, 0) is 26.0 Å². The number of esters is 1. The van der Waals surface area contributed by atoms with Gasteiger partial charge in [0.1, 0.15) is 11.6 Å². The van der Waals surface area contributed by atoms with Gasteiger partial charge in [0.25, 0.3) is 0 Å². The van der Waals surface area contributed by atoms with Crippen molar-refractivity contribution in [3.8, 4) is 0 Å². The van der Waals surface area contributed by atoms with Crippen LogP contribution >= 0.6 is 0 Å². The molecule has 22 heavy (non-hydrogen) atoms. The van der Waals surface area contributed by atoms with Crippen LogP contribution in [0.2, 0.25) is 0 Å². The van der Waals surface area contributed by atoms with Gasteiger partial charge < -0.3 is 9.64 Å². The fourth-order valence-electron chi connectivity index (χ4n) is 2.44. The lowest BCUT2D eigenvalue weighted by molar-refractivity contribution is -0.145. The minimum Gasteiger partial charge on any atom is -0.465 e. The average Bonchev–Trinajstić information content (AvgIpc) is 2.45. The van der Waals surface area contributed by atoms with E-state index < -0.39 is 23.6 Å². The van der Waals surface area contributed by atoms with E-state index in [-0.39, 0.29) is 31.3 Å². The number of piperazine rings is 1. The molecule has 120 valence electrons. The number of amides is 1. The van der Waals surface area contributed by atoms with E-state index in [1.807, 2.05) is 0 Å². The van der Waals surface area contributed by atoms with Crippen LogP contribution in [0.1, 0.15) is 13.8 Å². The smallest absolute Gasteiger partial charge is 0.320 e. The first kappa shape index (κ1) is 16.4. The molecular weight excluding hydrogens is 294 g/mol. The second kappa shape index (κ2) is 6.83. The zero-order valence-corrected chi connectivity index (χ0v) is 12.5. The fourth-order valence-corrected chi connectivity index (χ4v) is 2.44. The first-order valence-corrected chi connectivity index (χ1v) is 7.10. The maximum Gasteiger partial charge on any atom is 0.320 e. The molecule has 0 aromatic heterocycles. The molecule has 7 heteroatoms. The minimum atomic E-state index is -0.778. The molecule has 0 unspecified atom stereocenters. The van der Waals surface area contributed by atoms with Gasteiger partial charge in [-0.1, -0.05) is 0 Å². The Balaban J connectivity index is 2.10. The van der Waals surface area contributed by atoms with Gasteiger partial charge in [-0.2, -0.15) is 0 Å². The SMILES string of the molecule is CCOC(=O)CN1CCN(c2ccc(F)cc2F)C(=O)[C@@H]1C. The number of hydrogen-bond acceptors (Lipinski definition) is 4. The number of rotatable bonds is 4. The molecule has 1 aliphatic rings. The van der Waals surface area contributed by atoms with Crippen molar-refractivity contribution in [1.82, 2.24) is 4.90 Å². The second-order valence-corrected chi connectivity index (χ2v) is 5.04. The van der Waals surface area contributed by atoms with Gasteiger partial charge in [0, 0.05) is 19.2 Å². The molecule has 0 bridgehead atoms. The Morgan fingerprint density at radius 1 is 1.36 bits per heavy atom. The van der Waals surface area contributed by atoms with E-state index in [0.717, 1.165) is 12.1 Å². The van der Waals surface area contributed by atoms with E-state index in [1.54, 1.807) is 18.7 Å². The van der Waals surface area contributed by atoms with Crippen molar-refractivity contribution >= 4 is 17.6 Å². The molecule has 1 aromatic carbocycles. The van der Waals surface area contributed by atoms with Gasteiger partial charge in [0.2, 0.25) is 5.91 Å². The van der Waals surface area contributed by atoms with E-state index in [0.29, 0.717) is 6.54 Å². The van der Waals surface area contributed by atoms with Crippen molar-refractivity contribution in [2.24, 2.45) is 0 Å². The van der Waals surface area contributed by atoms with Crippen LogP contribution in [-0.4, -0.2) is 49.1 Å². The molecule has 0 N–H and O–H groups in total. The highest BCUT2D eigenvalue weighted by atomic mass is 19.1. The lowest BCUT2D eigenvalue weighted by atomic mass is 10.1. The van der Waals surface area contributed by atoms with Crippen LogP contribution in [0.3, 0.4) is 0 Å². The molecule has 2 rings (SSSR count). The summed E-state index contributed by atoms with van der Waals surface area (Å²) in [4.78, 5) is 26.9. The van der Waals surface area contributed by atoms with Crippen molar-refractivity contribution < 1.29 is 23.1 Å². The molecule has 1 aromatic rings. The summed E-state index contributed by atoms with van der Waals surface area (Å²) >= 11 is 0. The zero-order valence-electron chi connectivity index (χ0n) is 12.5. The van der Waals surface area contributed by atoms with Crippen LogP contribution in [0.5, 0.6) is 0 Å². The van der Waals surface area contributed by atoms with Crippen molar-refractivity contribution in [3.05, 3.63) is 29.8 Å². The predicted molar refractivity (Wildman–Crippen MR) is 76.4 cm³/mol. The average molecular weight is 312 g/mol. The van der Waals surface area contributed by atoms with Gasteiger partial charge in [-0.3, -0.25) is 14.5 Å². The molecule has 1 saturated heterocycles. The number of carbonyl (C=O) groups is 2. The van der Waals surface area contributed by atoms with Crippen molar-refractivity contribution in [2.45, 2.75) is 19.9 Å². The molecule has 0 saturated carbocycles. The largest absolute Gasteiger partial charge is 0.465 e. The highest BCUT2D eigenvalue weighted by Crippen LogP contribution is 2.24. The van der Waals surface area contributed by atoms with Gasteiger partial charge in [-0.25, -0.2) is 8.78 Å². The first-order valence-electron chi connectivity index (χ1n) is 7.10. The van der Waals surface area contributed by atoms with Crippen LogP contribution in [0.25, 0.3) is 0 Å². The molecule has 1 atom stereocenters. The highest BCUT2D eigenvalue weighted by Gasteiger charge is 2.34. The Kier molecular flexibility index (Phi) is 5.07. The third-order valence-electron chi connectivity index (χ3n) is 3.62. The topological polar surface area (TPSA) is 49.9 Å². The lowest BCUT2D eigenvalue weighted by Gasteiger charge is -2.38. The van der Waals surface area contributed by atoms with E-state index in [9.17, 15) is 18.4 Å². The Hall–Kier alpha value is -2.02. The van der Waals surface area contributed by atoms with E-state index in [4.69, 9.17) is 4.74 Å². The number of carbonyl (C=O) groups excluding carboxylic acids is 2. The quantitative estimate of drug-likeness (QED) is 0.792. The molecule has 1 aliphatic heterocycles. The van der Waals surface area contributed by atoms with Crippen LogP contribution in [0, 0.1) is 11.6 Å². The lowest BCUT2D eigenvalue weighted by Crippen LogP contribution is -2.57. The maximum absolute atomic E-state index is 13.8. The van der Waals surface area contributed by atoms with E-state index in [2.05, 4.69) is 0 Å². The molecule has 5 nitrogen and oxygen atoms in total. The third-order valence-corrected chi connectivity index (χ3v) is 3.62. The fraction of sp³-hybridized carbons (Fsp3) is 0.467. The Bertz CT molecular complexity index is 580. The van der Waals surface area contributed by atoms with Crippen LogP contribution in [0.15, 0.2) is 18.2 Å². The van der Waals surface area contributed by atoms with Gasteiger partial charge in [0.15, 0.2) is 0 Å². The van der Waals surface area contributed by atoms with Crippen molar-refractivity contribution in [1.29, 1.82) is 0 Å². The van der Waals surface area contributed by atoms with Crippen LogP contribution < -0.4 is 4.90 Å². The number of benzene rings is 1. The Morgan fingerprint density at radius 2 is 2.09 bits per heavy atom. The number of anilines is 1. The summed E-state index contributed by atoms with van der Waals surface area (Å²) in [6, 6.07) is 2.53. The maximum atomic E-state index is 13.8. The minimum absolute atomic E-state index is 0.0144. The highest BCUT2D eigenvalue weighted by molar-refractivity contribution is 5.98. The Morgan fingerprint density at radius 3 is 2.73 bits per heavy atom. The van der Waals surface area contributed by atoms with Crippen molar-refractivity contribution in [2.75, 3.05) is 31.1 Å². The summed E-state index contributed by atoms with van der Waals surface area (Å²) in [7, 11) is 0. The Labute approximate surface area is 127 Å². The van der Waals surface area contributed by atoms with E-state index in [1.165, 1.54) is 11.0 Å². The van der Waals surface area contributed by atoms with Gasteiger partial charge in [0.05, 0.1) is 24.9 Å². The normalized spacial score (nSPS) is 19.4. The summed E-state index contributed by atoms with van der Waals surface area (Å²) in [5.74, 6) is -2.20. The summed E-state index contributed by atoms with van der Waals surface area (Å²) in [5, 5.41) is 0. The van der Waals surface area contributed by atoms with Crippen LogP contribution in [-0.2, 0) is 14.3 Å². The summed E-state index contributed by atoms with van der Waals surface area (Å²) in [5.41, 5.74) is 0.0500. The number of halogens is 2. The number of nitrogens with zero attached hydrogens (tertiary/aromatic N) is 2. The third kappa shape index (κ3) is 3.41. The number of hydrogen-bond donors (Lipinski definition) is 0. The molecule has 0 radical (unpaired) electrons. The second-order valence-electron chi connectivity index (χ2n) is 5.04. The molecule has 1 heterocycles. The monoisotopic (exact) mass is 312 g/mol. The first-order chi connectivity index (χ1) is 10.4. The van der Waals surface area contributed by atoms with E-state index >= 15 is 0 Å². The summed E-state index contributed by atoms with van der Waals surface area (Å²) in [6.07, 6.45) is 0. The molecule has 1 fully saturated rings. The van der Waals surface area contributed by atoms with Gasteiger partial charge in [-0.15, -0.1) is 0 Å². The predicted octanol–water partition coefficient (Wildman–Crippen LogP) is 1.56. The zero-order chi connectivity index (χ0) is 16.3. The van der Waals surface area contributed by atoms with Crippen molar-refractivity contribution in [3.63, 3.8) is 0 Å². The number of ether oxygens (including phenoxy) is 1. The molecule has 0 spiro atoms. The van der Waals surface area contributed by atoms with Gasteiger partial charge >= 0.3 is 5.97 Å². The standard InChI is InChI=1S/C15H18F2N2O3/c1-3-22-14(20)9-18-6-7-19(15(21)10(18)2)13-5-4-11(16)8-12(13)17/h4-5,8,10H,3,6-7,9H2,1-2H3/t10-/m0/s1. The summed E-state index contributed by atoms with van der Waals surface area (Å²) < 4.78 is 31.6. The molecular formula is C15H18F2N2O3. The molecule has 1 amide bonds.